The lowest BCUT2D eigenvalue weighted by molar-refractivity contribution is 0.299. The van der Waals surface area contributed by atoms with Crippen LogP contribution >= 0.6 is 11.8 Å². The van der Waals surface area contributed by atoms with E-state index >= 15 is 0 Å². The van der Waals surface area contributed by atoms with Crippen molar-refractivity contribution >= 4 is 11.8 Å². The van der Waals surface area contributed by atoms with E-state index in [1.165, 1.54) is 17.7 Å². The van der Waals surface area contributed by atoms with Gasteiger partial charge in [-0.1, -0.05) is 6.07 Å². The van der Waals surface area contributed by atoms with Crippen LogP contribution in [0.1, 0.15) is 12.8 Å². The highest BCUT2D eigenvalue weighted by Crippen LogP contribution is 2.30. The molecule has 0 bridgehead atoms. The molecule has 1 aliphatic rings. The van der Waals surface area contributed by atoms with Crippen LogP contribution in [0.3, 0.4) is 0 Å². The molecule has 1 saturated carbocycles. The average molecular weight is 194 g/mol. The topological polar surface area (TPSA) is 9.23 Å². The second-order valence-corrected chi connectivity index (χ2v) is 4.31. The Bertz CT molecular complexity index is 281. The molecule has 0 aromatic heterocycles. The minimum Gasteiger partial charge on any atom is -0.493 e. The molecule has 13 heavy (non-hydrogen) atoms. The molecular formula is C11H14OS. The molecule has 2 rings (SSSR count). The molecule has 0 spiro atoms. The predicted octanol–water partition coefficient (Wildman–Crippen LogP) is 3.20. The van der Waals surface area contributed by atoms with E-state index in [9.17, 15) is 0 Å². The van der Waals surface area contributed by atoms with Crippen LogP contribution in [0.25, 0.3) is 0 Å². The predicted molar refractivity (Wildman–Crippen MR) is 56.4 cm³/mol. The molecule has 0 heterocycles. The van der Waals surface area contributed by atoms with Gasteiger partial charge in [-0.15, -0.1) is 11.8 Å². The van der Waals surface area contributed by atoms with Gasteiger partial charge in [-0.2, -0.15) is 0 Å². The third-order valence-electron chi connectivity index (χ3n) is 2.22. The monoisotopic (exact) mass is 194 g/mol. The van der Waals surface area contributed by atoms with Crippen LogP contribution in [-0.4, -0.2) is 12.9 Å². The number of thioether (sulfide) groups is 1. The van der Waals surface area contributed by atoms with Crippen molar-refractivity contribution in [2.45, 2.75) is 17.7 Å². The second kappa shape index (κ2) is 4.05. The summed E-state index contributed by atoms with van der Waals surface area (Å²) in [5.74, 6) is 1.84. The fourth-order valence-corrected chi connectivity index (χ4v) is 1.64. The van der Waals surface area contributed by atoms with Crippen molar-refractivity contribution in [1.82, 2.24) is 0 Å². The fourth-order valence-electron chi connectivity index (χ4n) is 1.19. The molecule has 0 saturated heterocycles. The highest BCUT2D eigenvalue weighted by Gasteiger charge is 2.21. The van der Waals surface area contributed by atoms with Gasteiger partial charge in [0.25, 0.3) is 0 Å². The lowest BCUT2D eigenvalue weighted by Gasteiger charge is -2.05. The van der Waals surface area contributed by atoms with Crippen LogP contribution < -0.4 is 4.74 Å². The first kappa shape index (κ1) is 8.95. The molecule has 70 valence electrons. The number of hydrogen-bond donors (Lipinski definition) is 0. The summed E-state index contributed by atoms with van der Waals surface area (Å²) in [7, 11) is 0. The zero-order valence-corrected chi connectivity index (χ0v) is 8.64. The zero-order valence-electron chi connectivity index (χ0n) is 7.82. The summed E-state index contributed by atoms with van der Waals surface area (Å²) in [5, 5.41) is 0. The lowest BCUT2D eigenvalue weighted by Crippen LogP contribution is -1.98. The van der Waals surface area contributed by atoms with Gasteiger partial charge < -0.3 is 4.74 Å². The van der Waals surface area contributed by atoms with Crippen molar-refractivity contribution in [2.24, 2.45) is 5.92 Å². The maximum atomic E-state index is 5.66. The van der Waals surface area contributed by atoms with Crippen LogP contribution in [0.4, 0.5) is 0 Å². The van der Waals surface area contributed by atoms with Gasteiger partial charge in [0, 0.05) is 4.90 Å². The van der Waals surface area contributed by atoms with E-state index < -0.39 is 0 Å². The Hall–Kier alpha value is -0.630. The Morgan fingerprint density at radius 3 is 3.00 bits per heavy atom. The Morgan fingerprint density at radius 2 is 2.31 bits per heavy atom. The van der Waals surface area contributed by atoms with Crippen LogP contribution in [0.15, 0.2) is 29.2 Å². The normalized spacial score (nSPS) is 15.8. The lowest BCUT2D eigenvalue weighted by atomic mass is 10.3. The molecule has 1 aliphatic carbocycles. The van der Waals surface area contributed by atoms with E-state index in [0.717, 1.165) is 18.3 Å². The summed E-state index contributed by atoms with van der Waals surface area (Å²) in [6.45, 7) is 0.901. The summed E-state index contributed by atoms with van der Waals surface area (Å²) in [6.07, 6.45) is 4.78. The summed E-state index contributed by atoms with van der Waals surface area (Å²) < 4.78 is 5.66. The number of benzene rings is 1. The summed E-state index contributed by atoms with van der Waals surface area (Å²) in [4.78, 5) is 1.27. The summed E-state index contributed by atoms with van der Waals surface area (Å²) >= 11 is 1.75. The Balaban J connectivity index is 1.93. The van der Waals surface area contributed by atoms with Gasteiger partial charge in [0.1, 0.15) is 5.75 Å². The first-order valence-electron chi connectivity index (χ1n) is 4.65. The molecule has 0 radical (unpaired) electrons. The van der Waals surface area contributed by atoms with Crippen molar-refractivity contribution < 1.29 is 4.74 Å². The van der Waals surface area contributed by atoms with Crippen molar-refractivity contribution in [3.05, 3.63) is 24.3 Å². The van der Waals surface area contributed by atoms with Crippen molar-refractivity contribution in [3.8, 4) is 5.75 Å². The molecule has 2 heteroatoms. The minimum atomic E-state index is 0.831. The van der Waals surface area contributed by atoms with E-state index in [1.807, 2.05) is 12.1 Å². The van der Waals surface area contributed by atoms with Gasteiger partial charge in [0.15, 0.2) is 0 Å². The van der Waals surface area contributed by atoms with Crippen molar-refractivity contribution in [3.63, 3.8) is 0 Å². The highest BCUT2D eigenvalue weighted by molar-refractivity contribution is 7.98. The quantitative estimate of drug-likeness (QED) is 0.681. The zero-order chi connectivity index (χ0) is 9.10. The molecule has 1 aromatic carbocycles. The van der Waals surface area contributed by atoms with E-state index in [2.05, 4.69) is 18.4 Å². The first-order valence-corrected chi connectivity index (χ1v) is 5.88. The fraction of sp³-hybridized carbons (Fsp3) is 0.455. The molecular weight excluding hydrogens is 180 g/mol. The summed E-state index contributed by atoms with van der Waals surface area (Å²) in [5.41, 5.74) is 0. The molecule has 1 aromatic rings. The smallest absolute Gasteiger partial charge is 0.120 e. The minimum absolute atomic E-state index is 0.831. The molecule has 1 nitrogen and oxygen atoms in total. The largest absolute Gasteiger partial charge is 0.493 e. The van der Waals surface area contributed by atoms with Gasteiger partial charge in [0.05, 0.1) is 6.61 Å². The van der Waals surface area contributed by atoms with Crippen molar-refractivity contribution in [1.29, 1.82) is 0 Å². The summed E-state index contributed by atoms with van der Waals surface area (Å²) in [6, 6.07) is 8.29. The van der Waals surface area contributed by atoms with Crippen LogP contribution in [0.2, 0.25) is 0 Å². The first-order chi connectivity index (χ1) is 6.38. The third-order valence-corrected chi connectivity index (χ3v) is 2.95. The molecule has 0 atom stereocenters. The standard InChI is InChI=1S/C11H14OS/c1-13-11-4-2-3-10(7-11)12-8-9-5-6-9/h2-4,7,9H,5-6,8H2,1H3. The molecule has 0 aliphatic heterocycles. The molecule has 1 fully saturated rings. The molecule has 0 N–H and O–H groups in total. The third kappa shape index (κ3) is 2.66. The molecule has 0 unspecified atom stereocenters. The SMILES string of the molecule is CSc1cccc(OCC2CC2)c1. The van der Waals surface area contributed by atoms with E-state index in [0.29, 0.717) is 0 Å². The Morgan fingerprint density at radius 1 is 1.46 bits per heavy atom. The number of rotatable bonds is 4. The van der Waals surface area contributed by atoms with E-state index in [4.69, 9.17) is 4.74 Å². The van der Waals surface area contributed by atoms with Gasteiger partial charge in [-0.05, 0) is 43.2 Å². The van der Waals surface area contributed by atoms with Gasteiger partial charge in [-0.25, -0.2) is 0 Å². The second-order valence-electron chi connectivity index (χ2n) is 3.43. The van der Waals surface area contributed by atoms with Crippen LogP contribution in [0, 0.1) is 5.92 Å². The number of hydrogen-bond acceptors (Lipinski definition) is 2. The average Bonchev–Trinajstić information content (AvgIpc) is 2.99. The van der Waals surface area contributed by atoms with Gasteiger partial charge in [0.2, 0.25) is 0 Å². The highest BCUT2D eigenvalue weighted by atomic mass is 32.2. The molecule has 0 amide bonds. The Labute approximate surface area is 83.5 Å². The van der Waals surface area contributed by atoms with Crippen molar-refractivity contribution in [2.75, 3.05) is 12.9 Å². The maximum Gasteiger partial charge on any atom is 0.120 e. The van der Waals surface area contributed by atoms with Crippen LogP contribution in [-0.2, 0) is 0 Å². The van der Waals surface area contributed by atoms with Crippen LogP contribution in [0.5, 0.6) is 5.75 Å². The van der Waals surface area contributed by atoms with Gasteiger partial charge in [-0.3, -0.25) is 0 Å². The maximum absolute atomic E-state index is 5.66. The number of ether oxygens (including phenoxy) is 1. The van der Waals surface area contributed by atoms with E-state index in [1.54, 1.807) is 11.8 Å². The van der Waals surface area contributed by atoms with Gasteiger partial charge >= 0.3 is 0 Å². The van der Waals surface area contributed by atoms with E-state index in [-0.39, 0.29) is 0 Å². The Kier molecular flexibility index (Phi) is 2.79.